The smallest absolute Gasteiger partial charge is 0.228 e. The molecule has 0 aromatic rings. The minimum atomic E-state index is 0.102. The van der Waals surface area contributed by atoms with Crippen LogP contribution in [0.1, 0.15) is 12.8 Å². The molecule has 2 N–H and O–H groups in total. The van der Waals surface area contributed by atoms with Gasteiger partial charge in [0, 0.05) is 25.7 Å². The van der Waals surface area contributed by atoms with Crippen molar-refractivity contribution in [3.8, 4) is 0 Å². The minimum absolute atomic E-state index is 0.102. The Morgan fingerprint density at radius 3 is 2.85 bits per heavy atom. The van der Waals surface area contributed by atoms with Crippen LogP contribution in [-0.2, 0) is 9.53 Å². The number of likely N-dealkylation sites (tertiary alicyclic amines) is 1. The lowest BCUT2D eigenvalue weighted by Gasteiger charge is -2.18. The molecule has 0 spiro atoms. The van der Waals surface area contributed by atoms with E-state index in [1.807, 2.05) is 4.90 Å². The molecule has 0 saturated carbocycles. The Labute approximate surface area is 78.0 Å². The van der Waals surface area contributed by atoms with Gasteiger partial charge in [-0.15, -0.1) is 0 Å². The van der Waals surface area contributed by atoms with Gasteiger partial charge in [0.1, 0.15) is 0 Å². The first-order valence-corrected chi connectivity index (χ1v) is 4.89. The van der Waals surface area contributed by atoms with Crippen molar-refractivity contribution in [3.05, 3.63) is 0 Å². The Kier molecular flexibility index (Phi) is 2.51. The van der Waals surface area contributed by atoms with Gasteiger partial charge in [0.05, 0.1) is 12.5 Å². The molecule has 2 atom stereocenters. The highest BCUT2D eigenvalue weighted by atomic mass is 16.5. The monoisotopic (exact) mass is 184 g/mol. The summed E-state index contributed by atoms with van der Waals surface area (Å²) in [5.74, 6) is 0.343. The van der Waals surface area contributed by atoms with Gasteiger partial charge < -0.3 is 15.4 Å². The summed E-state index contributed by atoms with van der Waals surface area (Å²) in [7, 11) is 0. The Bertz CT molecular complexity index is 202. The van der Waals surface area contributed by atoms with Crippen LogP contribution in [0.4, 0.5) is 0 Å². The second-order valence-electron chi connectivity index (χ2n) is 3.89. The van der Waals surface area contributed by atoms with Crippen molar-refractivity contribution < 1.29 is 9.53 Å². The van der Waals surface area contributed by atoms with Crippen LogP contribution < -0.4 is 5.73 Å². The van der Waals surface area contributed by atoms with Gasteiger partial charge in [-0.25, -0.2) is 0 Å². The molecule has 13 heavy (non-hydrogen) atoms. The second-order valence-corrected chi connectivity index (χ2v) is 3.89. The van der Waals surface area contributed by atoms with Crippen LogP contribution in [0.2, 0.25) is 0 Å². The Balaban J connectivity index is 1.89. The number of carbonyl (C=O) groups is 1. The van der Waals surface area contributed by atoms with Crippen molar-refractivity contribution in [1.82, 2.24) is 4.90 Å². The molecule has 2 saturated heterocycles. The summed E-state index contributed by atoms with van der Waals surface area (Å²) in [5, 5.41) is 0. The summed E-state index contributed by atoms with van der Waals surface area (Å²) in [6.07, 6.45) is 1.82. The first kappa shape index (κ1) is 8.97. The maximum atomic E-state index is 11.8. The SMILES string of the molecule is NC1CCN(C(=O)C2CCOC2)C1. The molecular weight excluding hydrogens is 168 g/mol. The van der Waals surface area contributed by atoms with E-state index in [9.17, 15) is 4.79 Å². The third-order valence-corrected chi connectivity index (χ3v) is 2.82. The number of amides is 1. The molecule has 2 aliphatic heterocycles. The largest absolute Gasteiger partial charge is 0.381 e. The highest BCUT2D eigenvalue weighted by Gasteiger charge is 2.31. The molecule has 74 valence electrons. The van der Waals surface area contributed by atoms with E-state index < -0.39 is 0 Å². The zero-order valence-electron chi connectivity index (χ0n) is 7.74. The van der Waals surface area contributed by atoms with Crippen molar-refractivity contribution in [1.29, 1.82) is 0 Å². The van der Waals surface area contributed by atoms with Gasteiger partial charge in [-0.3, -0.25) is 4.79 Å². The zero-order valence-corrected chi connectivity index (χ0v) is 7.74. The Morgan fingerprint density at radius 1 is 1.46 bits per heavy atom. The standard InChI is InChI=1S/C9H16N2O2/c10-8-1-3-11(5-8)9(12)7-2-4-13-6-7/h7-8H,1-6,10H2. The normalized spacial score (nSPS) is 34.1. The van der Waals surface area contributed by atoms with Crippen molar-refractivity contribution in [2.75, 3.05) is 26.3 Å². The van der Waals surface area contributed by atoms with Crippen molar-refractivity contribution in [2.45, 2.75) is 18.9 Å². The van der Waals surface area contributed by atoms with Crippen molar-refractivity contribution in [2.24, 2.45) is 11.7 Å². The molecule has 0 aromatic carbocycles. The van der Waals surface area contributed by atoms with E-state index in [2.05, 4.69) is 0 Å². The molecule has 2 rings (SSSR count). The fourth-order valence-electron chi connectivity index (χ4n) is 1.97. The number of carbonyl (C=O) groups excluding carboxylic acids is 1. The number of nitrogens with zero attached hydrogens (tertiary/aromatic N) is 1. The summed E-state index contributed by atoms with van der Waals surface area (Å²) < 4.78 is 5.19. The summed E-state index contributed by atoms with van der Waals surface area (Å²) in [5.41, 5.74) is 5.74. The van der Waals surface area contributed by atoms with Gasteiger partial charge in [-0.2, -0.15) is 0 Å². The molecule has 2 fully saturated rings. The highest BCUT2D eigenvalue weighted by molar-refractivity contribution is 5.79. The molecule has 0 bridgehead atoms. The van der Waals surface area contributed by atoms with E-state index in [1.54, 1.807) is 0 Å². The molecule has 4 heteroatoms. The number of ether oxygens (including phenoxy) is 1. The van der Waals surface area contributed by atoms with Gasteiger partial charge in [-0.05, 0) is 12.8 Å². The summed E-state index contributed by atoms with van der Waals surface area (Å²) in [6, 6.07) is 0.186. The first-order chi connectivity index (χ1) is 6.27. The van der Waals surface area contributed by atoms with Gasteiger partial charge in [-0.1, -0.05) is 0 Å². The fraction of sp³-hybridized carbons (Fsp3) is 0.889. The number of hydrogen-bond donors (Lipinski definition) is 1. The van der Waals surface area contributed by atoms with E-state index in [4.69, 9.17) is 10.5 Å². The molecule has 0 aromatic heterocycles. The molecule has 2 heterocycles. The molecule has 2 aliphatic rings. The van der Waals surface area contributed by atoms with Crippen LogP contribution in [-0.4, -0.2) is 43.2 Å². The Morgan fingerprint density at radius 2 is 2.31 bits per heavy atom. The van der Waals surface area contributed by atoms with Crippen LogP contribution in [0.15, 0.2) is 0 Å². The predicted octanol–water partition coefficient (Wildman–Crippen LogP) is -0.418. The average molecular weight is 184 g/mol. The van der Waals surface area contributed by atoms with Crippen molar-refractivity contribution in [3.63, 3.8) is 0 Å². The van der Waals surface area contributed by atoms with E-state index in [0.29, 0.717) is 6.61 Å². The predicted molar refractivity (Wildman–Crippen MR) is 48.1 cm³/mol. The third-order valence-electron chi connectivity index (χ3n) is 2.82. The van der Waals surface area contributed by atoms with Crippen LogP contribution >= 0.6 is 0 Å². The lowest BCUT2D eigenvalue weighted by atomic mass is 10.1. The molecule has 1 amide bonds. The second kappa shape index (κ2) is 3.64. The number of hydrogen-bond acceptors (Lipinski definition) is 3. The average Bonchev–Trinajstić information content (AvgIpc) is 2.72. The zero-order chi connectivity index (χ0) is 9.26. The molecule has 4 nitrogen and oxygen atoms in total. The van der Waals surface area contributed by atoms with Gasteiger partial charge >= 0.3 is 0 Å². The van der Waals surface area contributed by atoms with Gasteiger partial charge in [0.15, 0.2) is 0 Å². The topological polar surface area (TPSA) is 55.6 Å². The maximum absolute atomic E-state index is 11.8. The summed E-state index contributed by atoms with van der Waals surface area (Å²) >= 11 is 0. The van der Waals surface area contributed by atoms with E-state index in [0.717, 1.165) is 32.5 Å². The third kappa shape index (κ3) is 1.84. The number of rotatable bonds is 1. The number of nitrogens with two attached hydrogens (primary N) is 1. The highest BCUT2D eigenvalue weighted by Crippen LogP contribution is 2.18. The van der Waals surface area contributed by atoms with Crippen LogP contribution in [0.3, 0.4) is 0 Å². The first-order valence-electron chi connectivity index (χ1n) is 4.89. The lowest BCUT2D eigenvalue weighted by Crippen LogP contribution is -2.36. The maximum Gasteiger partial charge on any atom is 0.228 e. The van der Waals surface area contributed by atoms with E-state index >= 15 is 0 Å². The molecule has 0 radical (unpaired) electrons. The van der Waals surface area contributed by atoms with Crippen LogP contribution in [0, 0.1) is 5.92 Å². The van der Waals surface area contributed by atoms with Crippen LogP contribution in [0.5, 0.6) is 0 Å². The van der Waals surface area contributed by atoms with Crippen molar-refractivity contribution >= 4 is 5.91 Å². The van der Waals surface area contributed by atoms with E-state index in [1.165, 1.54) is 0 Å². The van der Waals surface area contributed by atoms with Crippen LogP contribution in [0.25, 0.3) is 0 Å². The minimum Gasteiger partial charge on any atom is -0.381 e. The Hall–Kier alpha value is -0.610. The lowest BCUT2D eigenvalue weighted by molar-refractivity contribution is -0.134. The molecule has 0 aliphatic carbocycles. The fourth-order valence-corrected chi connectivity index (χ4v) is 1.97. The van der Waals surface area contributed by atoms with Gasteiger partial charge in [0.25, 0.3) is 0 Å². The van der Waals surface area contributed by atoms with E-state index in [-0.39, 0.29) is 17.9 Å². The summed E-state index contributed by atoms with van der Waals surface area (Å²) in [4.78, 5) is 13.7. The quantitative estimate of drug-likeness (QED) is 0.602. The summed E-state index contributed by atoms with van der Waals surface area (Å²) in [6.45, 7) is 2.90. The molecule has 2 unspecified atom stereocenters. The molecular formula is C9H16N2O2. The van der Waals surface area contributed by atoms with Gasteiger partial charge in [0.2, 0.25) is 5.91 Å².